The van der Waals surface area contributed by atoms with Crippen LogP contribution >= 0.6 is 0 Å². The second-order valence-electron chi connectivity index (χ2n) is 6.61. The molecule has 0 aromatic heterocycles. The number of phenols is 1. The lowest BCUT2D eigenvalue weighted by Gasteiger charge is -2.34. The Bertz CT molecular complexity index is 427. The summed E-state index contributed by atoms with van der Waals surface area (Å²) in [7, 11) is 0. The zero-order valence-electron chi connectivity index (χ0n) is 13.3. The van der Waals surface area contributed by atoms with Gasteiger partial charge in [-0.05, 0) is 58.2 Å². The first-order chi connectivity index (χ1) is 9.63. The molecule has 1 unspecified atom stereocenters. The summed E-state index contributed by atoms with van der Waals surface area (Å²) in [6, 6.07) is 6.96. The fourth-order valence-electron chi connectivity index (χ4n) is 1.94. The van der Waals surface area contributed by atoms with Crippen molar-refractivity contribution < 1.29 is 20.1 Å². The van der Waals surface area contributed by atoms with Crippen LogP contribution in [-0.2, 0) is 11.2 Å². The van der Waals surface area contributed by atoms with Gasteiger partial charge in [-0.3, -0.25) is 5.32 Å². The third-order valence-corrected chi connectivity index (χ3v) is 3.19. The Morgan fingerprint density at radius 3 is 2.19 bits per heavy atom. The minimum Gasteiger partial charge on any atom is -0.508 e. The smallest absolute Gasteiger partial charge is 0.214 e. The van der Waals surface area contributed by atoms with Gasteiger partial charge in [-0.25, -0.2) is 0 Å². The monoisotopic (exact) mass is 297 g/mol. The zero-order chi connectivity index (χ0) is 16.1. The average Bonchev–Trinajstić information content (AvgIpc) is 2.36. The summed E-state index contributed by atoms with van der Waals surface area (Å²) in [5, 5.41) is 31.7. The molecule has 0 amide bonds. The Morgan fingerprint density at radius 2 is 1.71 bits per heavy atom. The maximum absolute atomic E-state index is 9.91. The molecule has 0 aliphatic carbocycles. The maximum Gasteiger partial charge on any atom is 0.214 e. The van der Waals surface area contributed by atoms with Gasteiger partial charge in [0.15, 0.2) is 0 Å². The molecular formula is C16H27NO4. The summed E-state index contributed by atoms with van der Waals surface area (Å²) >= 11 is 0. The minimum atomic E-state index is -1.14. The van der Waals surface area contributed by atoms with Crippen LogP contribution in [0.25, 0.3) is 0 Å². The fraction of sp³-hybridized carbons (Fsp3) is 0.625. The number of rotatable bonds is 7. The van der Waals surface area contributed by atoms with Crippen molar-refractivity contribution in [1.29, 1.82) is 0 Å². The standard InChI is InChI=1S/C16H27NO4/c1-15(2,3)21-14(20)17-16(4,11-18)10-9-12-5-7-13(19)8-6-12/h5-8,14,17-20H,9-11H2,1-4H3/t14?,16-/m1/s1. The molecule has 0 aliphatic heterocycles. The molecular weight excluding hydrogens is 270 g/mol. The normalized spacial score (nSPS) is 16.5. The predicted octanol–water partition coefficient (Wildman–Crippen LogP) is 1.76. The van der Waals surface area contributed by atoms with Gasteiger partial charge < -0.3 is 20.1 Å². The Hall–Kier alpha value is -1.14. The number of benzene rings is 1. The molecule has 0 saturated heterocycles. The quantitative estimate of drug-likeness (QED) is 0.577. The highest BCUT2D eigenvalue weighted by Gasteiger charge is 2.28. The van der Waals surface area contributed by atoms with Gasteiger partial charge in [0, 0.05) is 5.54 Å². The van der Waals surface area contributed by atoms with Crippen LogP contribution in [0.15, 0.2) is 24.3 Å². The SMILES string of the molecule is CC(C)(C)OC(O)N[C@@](C)(CO)CCc1ccc(O)cc1. The van der Waals surface area contributed by atoms with Gasteiger partial charge in [-0.15, -0.1) is 0 Å². The molecule has 2 atom stereocenters. The molecule has 21 heavy (non-hydrogen) atoms. The summed E-state index contributed by atoms with van der Waals surface area (Å²) in [5.41, 5.74) is -0.0667. The Kier molecular flexibility index (Phi) is 6.16. The highest BCUT2D eigenvalue weighted by atomic mass is 16.6. The summed E-state index contributed by atoms with van der Waals surface area (Å²) in [4.78, 5) is 0. The third-order valence-electron chi connectivity index (χ3n) is 3.19. The second-order valence-corrected chi connectivity index (χ2v) is 6.61. The molecule has 5 heteroatoms. The number of aliphatic hydroxyl groups is 2. The van der Waals surface area contributed by atoms with Crippen molar-refractivity contribution in [3.63, 3.8) is 0 Å². The van der Waals surface area contributed by atoms with E-state index in [0.29, 0.717) is 12.8 Å². The average molecular weight is 297 g/mol. The second kappa shape index (κ2) is 7.22. The summed E-state index contributed by atoms with van der Waals surface area (Å²) < 4.78 is 5.40. The Balaban J connectivity index is 2.56. The molecule has 0 heterocycles. The van der Waals surface area contributed by atoms with Gasteiger partial charge >= 0.3 is 0 Å². The van der Waals surface area contributed by atoms with Crippen LogP contribution in [0.1, 0.15) is 39.7 Å². The van der Waals surface area contributed by atoms with Crippen LogP contribution in [-0.4, -0.2) is 39.5 Å². The van der Waals surface area contributed by atoms with Crippen LogP contribution < -0.4 is 5.32 Å². The van der Waals surface area contributed by atoms with Crippen molar-refractivity contribution >= 4 is 0 Å². The highest BCUT2D eigenvalue weighted by molar-refractivity contribution is 5.26. The van der Waals surface area contributed by atoms with Gasteiger partial charge in [0.25, 0.3) is 0 Å². The number of phenolic OH excluding ortho intramolecular Hbond substituents is 1. The molecule has 0 bridgehead atoms. The van der Waals surface area contributed by atoms with Crippen LogP contribution in [0.5, 0.6) is 5.75 Å². The van der Waals surface area contributed by atoms with Gasteiger partial charge in [-0.2, -0.15) is 0 Å². The molecule has 0 aliphatic rings. The van der Waals surface area contributed by atoms with E-state index >= 15 is 0 Å². The van der Waals surface area contributed by atoms with E-state index in [1.807, 2.05) is 39.8 Å². The first-order valence-electron chi connectivity index (χ1n) is 7.16. The van der Waals surface area contributed by atoms with Crippen LogP contribution in [0, 0.1) is 0 Å². The van der Waals surface area contributed by atoms with Crippen molar-refractivity contribution in [2.75, 3.05) is 6.61 Å². The van der Waals surface area contributed by atoms with Crippen LogP contribution in [0.2, 0.25) is 0 Å². The number of hydrogen-bond acceptors (Lipinski definition) is 5. The van der Waals surface area contributed by atoms with E-state index in [4.69, 9.17) is 4.74 Å². The molecule has 5 nitrogen and oxygen atoms in total. The lowest BCUT2D eigenvalue weighted by molar-refractivity contribution is -0.193. The topological polar surface area (TPSA) is 82.0 Å². The molecule has 0 spiro atoms. The van der Waals surface area contributed by atoms with Crippen molar-refractivity contribution in [3.8, 4) is 5.75 Å². The minimum absolute atomic E-state index is 0.115. The van der Waals surface area contributed by atoms with E-state index in [-0.39, 0.29) is 12.4 Å². The van der Waals surface area contributed by atoms with Gasteiger partial charge in [0.05, 0.1) is 12.2 Å². The van der Waals surface area contributed by atoms with Crippen molar-refractivity contribution in [3.05, 3.63) is 29.8 Å². The molecule has 4 N–H and O–H groups in total. The van der Waals surface area contributed by atoms with E-state index in [0.717, 1.165) is 5.56 Å². The number of aliphatic hydroxyl groups excluding tert-OH is 2. The van der Waals surface area contributed by atoms with Crippen LogP contribution in [0.3, 0.4) is 0 Å². The molecule has 1 aromatic carbocycles. The maximum atomic E-state index is 9.91. The lowest BCUT2D eigenvalue weighted by atomic mass is 9.94. The third kappa shape index (κ3) is 6.91. The summed E-state index contributed by atoms with van der Waals surface area (Å²) in [6.45, 7) is 7.28. The van der Waals surface area contributed by atoms with Crippen molar-refractivity contribution in [2.45, 2.75) is 58.1 Å². The number of nitrogens with one attached hydrogen (secondary N) is 1. The molecule has 120 valence electrons. The Labute approximate surface area is 126 Å². The number of aromatic hydroxyl groups is 1. The lowest BCUT2D eigenvalue weighted by Crippen LogP contribution is -2.53. The molecule has 1 aromatic rings. The first kappa shape index (κ1) is 17.9. The van der Waals surface area contributed by atoms with E-state index in [2.05, 4.69) is 5.32 Å². The van der Waals surface area contributed by atoms with Crippen LogP contribution in [0.4, 0.5) is 0 Å². The first-order valence-corrected chi connectivity index (χ1v) is 7.16. The van der Waals surface area contributed by atoms with Crippen molar-refractivity contribution in [1.82, 2.24) is 5.32 Å². The zero-order valence-corrected chi connectivity index (χ0v) is 13.3. The fourth-order valence-corrected chi connectivity index (χ4v) is 1.94. The summed E-state index contributed by atoms with van der Waals surface area (Å²) in [5.74, 6) is 0.232. The largest absolute Gasteiger partial charge is 0.508 e. The Morgan fingerprint density at radius 1 is 1.14 bits per heavy atom. The summed E-state index contributed by atoms with van der Waals surface area (Å²) in [6.07, 6.45) is 0.202. The van der Waals surface area contributed by atoms with Crippen molar-refractivity contribution in [2.24, 2.45) is 0 Å². The molecule has 0 saturated carbocycles. The van der Waals surface area contributed by atoms with Gasteiger partial charge in [0.1, 0.15) is 5.75 Å². The predicted molar refractivity (Wildman–Crippen MR) is 81.9 cm³/mol. The van der Waals surface area contributed by atoms with E-state index in [1.54, 1.807) is 12.1 Å². The molecule has 0 fully saturated rings. The number of hydrogen-bond donors (Lipinski definition) is 4. The number of ether oxygens (including phenoxy) is 1. The van der Waals surface area contributed by atoms with E-state index in [1.165, 1.54) is 0 Å². The van der Waals surface area contributed by atoms with Gasteiger partial charge in [0.2, 0.25) is 6.41 Å². The van der Waals surface area contributed by atoms with E-state index in [9.17, 15) is 15.3 Å². The number of aryl methyl sites for hydroxylation is 1. The molecule has 1 rings (SSSR count). The molecule has 0 radical (unpaired) electrons. The van der Waals surface area contributed by atoms with E-state index < -0.39 is 17.6 Å². The highest BCUT2D eigenvalue weighted by Crippen LogP contribution is 2.18. The van der Waals surface area contributed by atoms with Gasteiger partial charge in [-0.1, -0.05) is 12.1 Å².